The third kappa shape index (κ3) is 4.97. The SMILES string of the molecule is COc1ccc(Br)cc1C=NN1CCN(Cc2ccccc2Cl)CC1. The predicted molar refractivity (Wildman–Crippen MR) is 107 cm³/mol. The molecule has 0 aliphatic carbocycles. The Hall–Kier alpha value is -1.56. The van der Waals surface area contributed by atoms with E-state index in [-0.39, 0.29) is 0 Å². The molecule has 1 aliphatic rings. The molecule has 25 heavy (non-hydrogen) atoms. The second-order valence-corrected chi connectivity index (χ2v) is 7.27. The molecule has 3 rings (SSSR count). The monoisotopic (exact) mass is 421 g/mol. The summed E-state index contributed by atoms with van der Waals surface area (Å²) in [5, 5.41) is 7.56. The van der Waals surface area contributed by atoms with E-state index in [1.807, 2.05) is 42.6 Å². The molecule has 0 radical (unpaired) electrons. The number of hydrazone groups is 1. The second kappa shape index (κ2) is 8.70. The third-order valence-electron chi connectivity index (χ3n) is 4.25. The first-order chi connectivity index (χ1) is 12.2. The summed E-state index contributed by atoms with van der Waals surface area (Å²) in [5.74, 6) is 0.823. The zero-order valence-electron chi connectivity index (χ0n) is 14.2. The summed E-state index contributed by atoms with van der Waals surface area (Å²) in [5.41, 5.74) is 2.15. The van der Waals surface area contributed by atoms with Crippen LogP contribution in [-0.2, 0) is 6.54 Å². The smallest absolute Gasteiger partial charge is 0.127 e. The van der Waals surface area contributed by atoms with Crippen LogP contribution < -0.4 is 4.74 Å². The van der Waals surface area contributed by atoms with Crippen LogP contribution in [0, 0.1) is 0 Å². The molecule has 2 aromatic carbocycles. The lowest BCUT2D eigenvalue weighted by Gasteiger charge is -2.33. The van der Waals surface area contributed by atoms with Crippen molar-refractivity contribution >= 4 is 33.7 Å². The van der Waals surface area contributed by atoms with Gasteiger partial charge in [-0.05, 0) is 29.8 Å². The van der Waals surface area contributed by atoms with Gasteiger partial charge < -0.3 is 4.74 Å². The van der Waals surface area contributed by atoms with Gasteiger partial charge in [0.05, 0.1) is 13.3 Å². The molecule has 0 atom stereocenters. The zero-order valence-corrected chi connectivity index (χ0v) is 16.5. The van der Waals surface area contributed by atoms with E-state index in [1.165, 1.54) is 5.56 Å². The average molecular weight is 423 g/mol. The highest BCUT2D eigenvalue weighted by Gasteiger charge is 2.16. The molecule has 6 heteroatoms. The van der Waals surface area contributed by atoms with Crippen molar-refractivity contribution in [2.24, 2.45) is 5.10 Å². The van der Waals surface area contributed by atoms with Crippen molar-refractivity contribution < 1.29 is 4.74 Å². The lowest BCUT2D eigenvalue weighted by molar-refractivity contribution is 0.131. The molecule has 132 valence electrons. The minimum absolute atomic E-state index is 0.823. The maximum atomic E-state index is 6.25. The van der Waals surface area contributed by atoms with E-state index in [9.17, 15) is 0 Å². The fourth-order valence-electron chi connectivity index (χ4n) is 2.83. The Morgan fingerprint density at radius 1 is 1.16 bits per heavy atom. The van der Waals surface area contributed by atoms with Crippen LogP contribution in [0.2, 0.25) is 5.02 Å². The van der Waals surface area contributed by atoms with Crippen molar-refractivity contribution in [2.75, 3.05) is 33.3 Å². The number of benzene rings is 2. The number of hydrogen-bond donors (Lipinski definition) is 0. The van der Waals surface area contributed by atoms with Crippen LogP contribution in [0.15, 0.2) is 52.0 Å². The van der Waals surface area contributed by atoms with Crippen molar-refractivity contribution in [3.63, 3.8) is 0 Å². The van der Waals surface area contributed by atoms with Gasteiger partial charge in [0, 0.05) is 47.8 Å². The quantitative estimate of drug-likeness (QED) is 0.674. The Balaban J connectivity index is 1.56. The van der Waals surface area contributed by atoms with Crippen LogP contribution in [0.25, 0.3) is 0 Å². The van der Waals surface area contributed by atoms with Crippen molar-refractivity contribution in [1.82, 2.24) is 9.91 Å². The first-order valence-electron chi connectivity index (χ1n) is 8.24. The van der Waals surface area contributed by atoms with Crippen LogP contribution in [-0.4, -0.2) is 49.4 Å². The van der Waals surface area contributed by atoms with Crippen molar-refractivity contribution in [1.29, 1.82) is 0 Å². The molecule has 1 saturated heterocycles. The molecule has 0 unspecified atom stereocenters. The van der Waals surface area contributed by atoms with E-state index in [0.717, 1.165) is 53.5 Å². The molecule has 1 heterocycles. The molecule has 0 bridgehead atoms. The Kier molecular flexibility index (Phi) is 6.34. The largest absolute Gasteiger partial charge is 0.496 e. The zero-order chi connectivity index (χ0) is 17.6. The Bertz CT molecular complexity index is 745. The van der Waals surface area contributed by atoms with Gasteiger partial charge in [-0.3, -0.25) is 9.91 Å². The highest BCUT2D eigenvalue weighted by Crippen LogP contribution is 2.22. The number of piperazine rings is 1. The van der Waals surface area contributed by atoms with Gasteiger partial charge in [0.25, 0.3) is 0 Å². The van der Waals surface area contributed by atoms with E-state index < -0.39 is 0 Å². The van der Waals surface area contributed by atoms with Gasteiger partial charge in [-0.15, -0.1) is 0 Å². The maximum Gasteiger partial charge on any atom is 0.127 e. The van der Waals surface area contributed by atoms with Crippen molar-refractivity contribution in [3.8, 4) is 5.75 Å². The Morgan fingerprint density at radius 3 is 2.64 bits per heavy atom. The molecule has 2 aromatic rings. The molecular formula is C19H21BrClN3O. The highest BCUT2D eigenvalue weighted by atomic mass is 79.9. The number of ether oxygens (including phenoxy) is 1. The van der Waals surface area contributed by atoms with Gasteiger partial charge in [-0.2, -0.15) is 5.10 Å². The van der Waals surface area contributed by atoms with Crippen LogP contribution >= 0.6 is 27.5 Å². The molecular weight excluding hydrogens is 402 g/mol. The molecule has 0 saturated carbocycles. The topological polar surface area (TPSA) is 28.1 Å². The second-order valence-electron chi connectivity index (χ2n) is 5.95. The number of halogens is 2. The van der Waals surface area contributed by atoms with Crippen molar-refractivity contribution in [3.05, 3.63) is 63.1 Å². The van der Waals surface area contributed by atoms with Gasteiger partial charge in [-0.1, -0.05) is 45.7 Å². The third-order valence-corrected chi connectivity index (χ3v) is 5.11. The standard InChI is InChI=1S/C19H21BrClN3O/c1-25-19-7-6-17(20)12-16(19)13-22-24-10-8-23(9-11-24)14-15-4-2-3-5-18(15)21/h2-7,12-13H,8-11,14H2,1H3. The minimum atomic E-state index is 0.823. The van der Waals surface area contributed by atoms with Gasteiger partial charge in [0.2, 0.25) is 0 Å². The Labute approximate surface area is 162 Å². The van der Waals surface area contributed by atoms with Gasteiger partial charge in [0.15, 0.2) is 0 Å². The fraction of sp³-hybridized carbons (Fsp3) is 0.316. The van der Waals surface area contributed by atoms with E-state index in [4.69, 9.17) is 16.3 Å². The van der Waals surface area contributed by atoms with Gasteiger partial charge in [-0.25, -0.2) is 0 Å². The lowest BCUT2D eigenvalue weighted by atomic mass is 10.2. The first-order valence-corrected chi connectivity index (χ1v) is 9.41. The van der Waals surface area contributed by atoms with Crippen LogP contribution in [0.1, 0.15) is 11.1 Å². The normalized spacial score (nSPS) is 15.7. The molecule has 0 aromatic heterocycles. The molecule has 1 fully saturated rings. The summed E-state index contributed by atoms with van der Waals surface area (Å²) in [7, 11) is 1.67. The molecule has 1 aliphatic heterocycles. The average Bonchev–Trinajstić information content (AvgIpc) is 2.63. The van der Waals surface area contributed by atoms with E-state index in [1.54, 1.807) is 7.11 Å². The minimum Gasteiger partial charge on any atom is -0.496 e. The Morgan fingerprint density at radius 2 is 1.92 bits per heavy atom. The van der Waals surface area contributed by atoms with Gasteiger partial charge >= 0.3 is 0 Å². The summed E-state index contributed by atoms with van der Waals surface area (Å²) in [4.78, 5) is 2.41. The highest BCUT2D eigenvalue weighted by molar-refractivity contribution is 9.10. The molecule has 0 spiro atoms. The summed E-state index contributed by atoms with van der Waals surface area (Å²) in [6.07, 6.45) is 1.87. The summed E-state index contributed by atoms with van der Waals surface area (Å²) >= 11 is 9.74. The number of nitrogens with zero attached hydrogens (tertiary/aromatic N) is 3. The number of hydrogen-bond acceptors (Lipinski definition) is 4. The summed E-state index contributed by atoms with van der Waals surface area (Å²) in [6.45, 7) is 4.63. The summed E-state index contributed by atoms with van der Waals surface area (Å²) < 4.78 is 6.40. The van der Waals surface area contributed by atoms with Crippen LogP contribution in [0.4, 0.5) is 0 Å². The van der Waals surface area contributed by atoms with E-state index in [2.05, 4.69) is 37.0 Å². The maximum absolute atomic E-state index is 6.25. The van der Waals surface area contributed by atoms with Gasteiger partial charge in [0.1, 0.15) is 5.75 Å². The van der Waals surface area contributed by atoms with E-state index in [0.29, 0.717) is 0 Å². The van der Waals surface area contributed by atoms with Crippen LogP contribution in [0.3, 0.4) is 0 Å². The summed E-state index contributed by atoms with van der Waals surface area (Å²) in [6, 6.07) is 13.9. The number of rotatable bonds is 5. The molecule has 0 amide bonds. The van der Waals surface area contributed by atoms with Crippen LogP contribution in [0.5, 0.6) is 5.75 Å². The first kappa shape index (κ1) is 18.2. The fourth-order valence-corrected chi connectivity index (χ4v) is 3.40. The molecule has 0 N–H and O–H groups in total. The predicted octanol–water partition coefficient (Wildman–Crippen LogP) is 4.26. The molecule has 4 nitrogen and oxygen atoms in total. The van der Waals surface area contributed by atoms with E-state index >= 15 is 0 Å². The lowest BCUT2D eigenvalue weighted by Crippen LogP contribution is -2.43. The van der Waals surface area contributed by atoms with Crippen molar-refractivity contribution in [2.45, 2.75) is 6.54 Å². The number of methoxy groups -OCH3 is 1.